The summed E-state index contributed by atoms with van der Waals surface area (Å²) in [6.07, 6.45) is 8.84. The Morgan fingerprint density at radius 3 is 1.40 bits per heavy atom. The zero-order valence-corrected chi connectivity index (χ0v) is 20.9. The van der Waals surface area contributed by atoms with Crippen LogP contribution >= 0.6 is 0 Å². The van der Waals surface area contributed by atoms with Crippen molar-refractivity contribution >= 4 is 23.6 Å². The molecule has 2 N–H and O–H groups in total. The summed E-state index contributed by atoms with van der Waals surface area (Å²) in [7, 11) is 0. The number of hydrogen-bond acceptors (Lipinski definition) is 4. The summed E-state index contributed by atoms with van der Waals surface area (Å²) in [6, 6.07) is 15.6. The molecule has 2 aromatic carbocycles. The summed E-state index contributed by atoms with van der Waals surface area (Å²) < 4.78 is 11.3. The van der Waals surface area contributed by atoms with E-state index in [1.807, 2.05) is 48.5 Å². The minimum Gasteiger partial charge on any atom is -0.446 e. The average molecular weight is 479 g/mol. The summed E-state index contributed by atoms with van der Waals surface area (Å²) in [4.78, 5) is 24.5. The molecule has 2 aromatic rings. The zero-order valence-electron chi connectivity index (χ0n) is 20.9. The maximum absolute atomic E-state index is 12.3. The molecule has 4 rings (SSSR count). The van der Waals surface area contributed by atoms with Crippen LogP contribution in [0.25, 0.3) is 0 Å². The number of anilines is 2. The van der Waals surface area contributed by atoms with Crippen molar-refractivity contribution < 1.29 is 19.1 Å². The summed E-state index contributed by atoms with van der Waals surface area (Å²) in [5, 5.41) is 5.69. The fourth-order valence-corrected chi connectivity index (χ4v) is 5.13. The lowest BCUT2D eigenvalue weighted by atomic mass is 9.88. The molecule has 2 saturated carbocycles. The summed E-state index contributed by atoms with van der Waals surface area (Å²) in [5.41, 5.74) is 3.73. The van der Waals surface area contributed by atoms with Crippen molar-refractivity contribution in [1.82, 2.24) is 0 Å². The Morgan fingerprint density at radius 1 is 0.657 bits per heavy atom. The average Bonchev–Trinajstić information content (AvgIpc) is 2.84. The predicted molar refractivity (Wildman–Crippen MR) is 139 cm³/mol. The molecule has 2 amide bonds. The SMILES string of the molecule is C[C@@H]1CCCC[C@@H]1OC(=O)Nc1ccc(Cc2ccc(NC(=O)O[C@H]3CCCC[C@H]3C)cc2)cc1. The minimum atomic E-state index is -0.379. The molecule has 0 aliphatic heterocycles. The lowest BCUT2D eigenvalue weighted by Gasteiger charge is -2.28. The van der Waals surface area contributed by atoms with Gasteiger partial charge in [-0.1, -0.05) is 51.0 Å². The lowest BCUT2D eigenvalue weighted by molar-refractivity contribution is 0.0520. The van der Waals surface area contributed by atoms with Crippen LogP contribution in [0.5, 0.6) is 0 Å². The summed E-state index contributed by atoms with van der Waals surface area (Å²) >= 11 is 0. The molecule has 0 bridgehead atoms. The van der Waals surface area contributed by atoms with Crippen LogP contribution in [0.4, 0.5) is 21.0 Å². The maximum Gasteiger partial charge on any atom is 0.411 e. The molecule has 0 aromatic heterocycles. The van der Waals surface area contributed by atoms with Crippen molar-refractivity contribution in [2.45, 2.75) is 83.8 Å². The van der Waals surface area contributed by atoms with Gasteiger partial charge in [0, 0.05) is 11.4 Å². The molecule has 4 atom stereocenters. The van der Waals surface area contributed by atoms with E-state index in [-0.39, 0.29) is 24.4 Å². The van der Waals surface area contributed by atoms with Gasteiger partial charge >= 0.3 is 12.2 Å². The van der Waals surface area contributed by atoms with Crippen molar-refractivity contribution in [3.05, 3.63) is 59.7 Å². The number of ether oxygens (including phenoxy) is 2. The molecule has 0 radical (unpaired) electrons. The standard InChI is InChI=1S/C29H38N2O4/c1-20-7-3-5-9-26(20)34-28(32)30-24-15-11-22(12-16-24)19-23-13-17-25(18-14-23)31-29(33)35-27-10-6-4-8-21(27)2/h11-18,20-21,26-27H,3-10,19H2,1-2H3,(H,30,32)(H,31,33)/t20-,21-,26+,27+/m1/s1. The van der Waals surface area contributed by atoms with Crippen LogP contribution in [0.15, 0.2) is 48.5 Å². The fraction of sp³-hybridized carbons (Fsp3) is 0.517. The molecule has 2 aliphatic carbocycles. The smallest absolute Gasteiger partial charge is 0.411 e. The normalized spacial score (nSPS) is 24.3. The third kappa shape index (κ3) is 7.48. The Hall–Kier alpha value is -3.02. The summed E-state index contributed by atoms with van der Waals surface area (Å²) in [5.74, 6) is 0.842. The topological polar surface area (TPSA) is 76.7 Å². The van der Waals surface area contributed by atoms with Gasteiger partial charge in [-0.15, -0.1) is 0 Å². The Kier molecular flexibility index (Phi) is 8.67. The van der Waals surface area contributed by atoms with Gasteiger partial charge in [0.2, 0.25) is 0 Å². The first-order valence-electron chi connectivity index (χ1n) is 13.1. The highest BCUT2D eigenvalue weighted by atomic mass is 16.6. The quantitative estimate of drug-likeness (QED) is 0.450. The second-order valence-corrected chi connectivity index (χ2v) is 10.2. The monoisotopic (exact) mass is 478 g/mol. The van der Waals surface area contributed by atoms with Crippen molar-refractivity contribution in [3.63, 3.8) is 0 Å². The van der Waals surface area contributed by atoms with Gasteiger partial charge in [0.15, 0.2) is 0 Å². The number of nitrogens with one attached hydrogen (secondary N) is 2. The first kappa shape index (κ1) is 25.1. The molecule has 0 saturated heterocycles. The van der Waals surface area contributed by atoms with Gasteiger partial charge in [0.25, 0.3) is 0 Å². The first-order valence-corrected chi connectivity index (χ1v) is 13.1. The third-order valence-corrected chi connectivity index (χ3v) is 7.39. The third-order valence-electron chi connectivity index (χ3n) is 7.39. The van der Waals surface area contributed by atoms with Crippen LogP contribution in [-0.4, -0.2) is 24.4 Å². The molecule has 2 aliphatic rings. The van der Waals surface area contributed by atoms with Gasteiger partial charge in [-0.05, 0) is 92.2 Å². The van der Waals surface area contributed by atoms with Crippen LogP contribution < -0.4 is 10.6 Å². The molecule has 6 nitrogen and oxygen atoms in total. The van der Waals surface area contributed by atoms with E-state index in [2.05, 4.69) is 24.5 Å². The highest BCUT2D eigenvalue weighted by Gasteiger charge is 2.25. The summed E-state index contributed by atoms with van der Waals surface area (Å²) in [6.45, 7) is 4.30. The van der Waals surface area contributed by atoms with E-state index in [9.17, 15) is 9.59 Å². The van der Waals surface area contributed by atoms with E-state index in [0.29, 0.717) is 11.8 Å². The highest BCUT2D eigenvalue weighted by molar-refractivity contribution is 5.85. The second-order valence-electron chi connectivity index (χ2n) is 10.2. The van der Waals surface area contributed by atoms with Gasteiger partial charge in [0.1, 0.15) is 12.2 Å². The van der Waals surface area contributed by atoms with E-state index in [4.69, 9.17) is 9.47 Å². The molecular formula is C29H38N2O4. The zero-order chi connectivity index (χ0) is 24.6. The number of carbonyl (C=O) groups is 2. The van der Waals surface area contributed by atoms with E-state index in [0.717, 1.165) is 67.4 Å². The molecule has 0 spiro atoms. The van der Waals surface area contributed by atoms with Crippen molar-refractivity contribution in [1.29, 1.82) is 0 Å². The van der Waals surface area contributed by atoms with Gasteiger partial charge < -0.3 is 9.47 Å². The second kappa shape index (κ2) is 12.1. The Balaban J connectivity index is 1.23. The number of hydrogen-bond donors (Lipinski definition) is 2. The predicted octanol–water partition coefficient (Wildman–Crippen LogP) is 7.53. The minimum absolute atomic E-state index is 0.0122. The van der Waals surface area contributed by atoms with E-state index >= 15 is 0 Å². The van der Waals surface area contributed by atoms with Crippen LogP contribution in [-0.2, 0) is 15.9 Å². The van der Waals surface area contributed by atoms with Crippen molar-refractivity contribution in [3.8, 4) is 0 Å². The van der Waals surface area contributed by atoms with Gasteiger partial charge in [0.05, 0.1) is 0 Å². The van der Waals surface area contributed by atoms with Crippen LogP contribution in [0, 0.1) is 11.8 Å². The van der Waals surface area contributed by atoms with Crippen molar-refractivity contribution in [2.24, 2.45) is 11.8 Å². The number of rotatable bonds is 6. The maximum atomic E-state index is 12.3. The molecule has 35 heavy (non-hydrogen) atoms. The van der Waals surface area contributed by atoms with Crippen LogP contribution in [0.1, 0.15) is 76.3 Å². The van der Waals surface area contributed by atoms with E-state index in [1.165, 1.54) is 12.8 Å². The van der Waals surface area contributed by atoms with E-state index < -0.39 is 0 Å². The first-order chi connectivity index (χ1) is 17.0. The van der Waals surface area contributed by atoms with E-state index in [1.54, 1.807) is 0 Å². The Morgan fingerprint density at radius 2 is 1.03 bits per heavy atom. The number of amides is 2. The molecule has 6 heteroatoms. The highest BCUT2D eigenvalue weighted by Crippen LogP contribution is 2.28. The van der Waals surface area contributed by atoms with Crippen molar-refractivity contribution in [2.75, 3.05) is 10.6 Å². The number of carbonyl (C=O) groups excluding carboxylic acids is 2. The van der Waals surface area contributed by atoms with Crippen LogP contribution in [0.2, 0.25) is 0 Å². The largest absolute Gasteiger partial charge is 0.446 e. The Labute approximate surface area is 208 Å². The van der Waals surface area contributed by atoms with Gasteiger partial charge in [-0.2, -0.15) is 0 Å². The number of benzene rings is 2. The fourth-order valence-electron chi connectivity index (χ4n) is 5.13. The molecule has 2 fully saturated rings. The van der Waals surface area contributed by atoms with Gasteiger partial charge in [-0.3, -0.25) is 10.6 Å². The lowest BCUT2D eigenvalue weighted by Crippen LogP contribution is -2.30. The van der Waals surface area contributed by atoms with Gasteiger partial charge in [-0.25, -0.2) is 9.59 Å². The molecule has 0 unspecified atom stereocenters. The molecule has 188 valence electrons. The Bertz CT molecular complexity index is 894. The molecular weight excluding hydrogens is 440 g/mol. The molecule has 0 heterocycles. The van der Waals surface area contributed by atoms with Crippen LogP contribution in [0.3, 0.4) is 0 Å².